The monoisotopic (exact) mass is 265 g/mol. The van der Waals surface area contributed by atoms with Gasteiger partial charge in [-0.2, -0.15) is 0 Å². The van der Waals surface area contributed by atoms with Gasteiger partial charge in [-0.25, -0.2) is 9.18 Å². The maximum Gasteiger partial charge on any atom is 0.329 e. The van der Waals surface area contributed by atoms with Crippen LogP contribution in [0.5, 0.6) is 0 Å². The van der Waals surface area contributed by atoms with Crippen LogP contribution in [0.2, 0.25) is 0 Å². The van der Waals surface area contributed by atoms with Gasteiger partial charge in [-0.1, -0.05) is 25.0 Å². The summed E-state index contributed by atoms with van der Waals surface area (Å²) in [6.45, 7) is 1.56. The van der Waals surface area contributed by atoms with Gasteiger partial charge in [0.1, 0.15) is 11.4 Å². The van der Waals surface area contributed by atoms with Crippen molar-refractivity contribution in [1.82, 2.24) is 5.32 Å². The van der Waals surface area contributed by atoms with E-state index in [1.165, 1.54) is 6.07 Å². The second-order valence-electron chi connectivity index (χ2n) is 4.98. The molecule has 1 aromatic carbocycles. The molecule has 0 atom stereocenters. The van der Waals surface area contributed by atoms with E-state index in [2.05, 4.69) is 5.32 Å². The van der Waals surface area contributed by atoms with E-state index in [0.29, 0.717) is 18.4 Å². The fourth-order valence-electron chi connectivity index (χ4n) is 2.48. The first-order valence-electron chi connectivity index (χ1n) is 6.27. The molecule has 0 saturated heterocycles. The van der Waals surface area contributed by atoms with Gasteiger partial charge in [0.2, 0.25) is 0 Å². The fraction of sp³-hybridized carbons (Fsp3) is 0.429. The van der Waals surface area contributed by atoms with Crippen LogP contribution in [-0.2, 0) is 4.79 Å². The van der Waals surface area contributed by atoms with E-state index >= 15 is 0 Å². The summed E-state index contributed by atoms with van der Waals surface area (Å²) in [6.07, 6.45) is 2.29. The van der Waals surface area contributed by atoms with Gasteiger partial charge >= 0.3 is 5.97 Å². The number of rotatable bonds is 3. The van der Waals surface area contributed by atoms with Gasteiger partial charge in [0.15, 0.2) is 0 Å². The van der Waals surface area contributed by atoms with Gasteiger partial charge in [0, 0.05) is 0 Å². The van der Waals surface area contributed by atoms with Crippen molar-refractivity contribution in [3.05, 3.63) is 35.1 Å². The number of aryl methyl sites for hydroxylation is 1. The summed E-state index contributed by atoms with van der Waals surface area (Å²) in [7, 11) is 0. The van der Waals surface area contributed by atoms with Crippen molar-refractivity contribution in [3.63, 3.8) is 0 Å². The molecular weight excluding hydrogens is 249 g/mol. The Labute approximate surface area is 110 Å². The summed E-state index contributed by atoms with van der Waals surface area (Å²) in [5.41, 5.74) is -0.983. The molecule has 19 heavy (non-hydrogen) atoms. The Morgan fingerprint density at radius 2 is 1.95 bits per heavy atom. The second kappa shape index (κ2) is 4.99. The summed E-state index contributed by atoms with van der Waals surface area (Å²) in [5.74, 6) is -2.31. The number of carbonyl (C=O) groups is 2. The van der Waals surface area contributed by atoms with Crippen LogP contribution < -0.4 is 5.32 Å². The molecule has 1 saturated carbocycles. The molecule has 102 valence electrons. The van der Waals surface area contributed by atoms with Crippen LogP contribution in [0.3, 0.4) is 0 Å². The van der Waals surface area contributed by atoms with E-state index in [0.717, 1.165) is 12.8 Å². The molecule has 1 amide bonds. The van der Waals surface area contributed by atoms with E-state index in [1.807, 2.05) is 0 Å². The smallest absolute Gasteiger partial charge is 0.329 e. The van der Waals surface area contributed by atoms with Gasteiger partial charge < -0.3 is 10.4 Å². The largest absolute Gasteiger partial charge is 0.480 e. The predicted molar refractivity (Wildman–Crippen MR) is 67.4 cm³/mol. The molecule has 1 fully saturated rings. The lowest BCUT2D eigenvalue weighted by Gasteiger charge is -2.25. The number of carboxylic acids is 1. The third kappa shape index (κ3) is 2.45. The first-order chi connectivity index (χ1) is 8.96. The molecule has 0 bridgehead atoms. The van der Waals surface area contributed by atoms with Gasteiger partial charge in [0.25, 0.3) is 5.91 Å². The summed E-state index contributed by atoms with van der Waals surface area (Å²) < 4.78 is 13.8. The number of nitrogens with one attached hydrogen (secondary N) is 1. The maximum atomic E-state index is 13.8. The maximum absolute atomic E-state index is 13.8. The van der Waals surface area contributed by atoms with E-state index < -0.39 is 23.2 Å². The molecule has 4 nitrogen and oxygen atoms in total. The molecule has 0 unspecified atom stereocenters. The van der Waals surface area contributed by atoms with Crippen molar-refractivity contribution in [1.29, 1.82) is 0 Å². The van der Waals surface area contributed by atoms with E-state index in [1.54, 1.807) is 19.1 Å². The van der Waals surface area contributed by atoms with Crippen LogP contribution >= 0.6 is 0 Å². The molecule has 0 heterocycles. The highest BCUT2D eigenvalue weighted by Gasteiger charge is 2.43. The number of aliphatic carboxylic acids is 1. The molecule has 2 N–H and O–H groups in total. The molecule has 5 heteroatoms. The number of halogens is 1. The van der Waals surface area contributed by atoms with Crippen LogP contribution in [-0.4, -0.2) is 22.5 Å². The quantitative estimate of drug-likeness (QED) is 0.881. The molecule has 0 aliphatic heterocycles. The lowest BCUT2D eigenvalue weighted by Crippen LogP contribution is -2.52. The molecule has 0 radical (unpaired) electrons. The lowest BCUT2D eigenvalue weighted by atomic mass is 9.97. The summed E-state index contributed by atoms with van der Waals surface area (Å²) in [6, 6.07) is 4.51. The Morgan fingerprint density at radius 1 is 1.32 bits per heavy atom. The first kappa shape index (κ1) is 13.5. The van der Waals surface area contributed by atoms with Crippen molar-refractivity contribution in [3.8, 4) is 0 Å². The summed E-state index contributed by atoms with van der Waals surface area (Å²) >= 11 is 0. The summed E-state index contributed by atoms with van der Waals surface area (Å²) in [4.78, 5) is 23.4. The van der Waals surface area contributed by atoms with Crippen LogP contribution in [0.4, 0.5) is 4.39 Å². The minimum absolute atomic E-state index is 0.104. The van der Waals surface area contributed by atoms with Gasteiger partial charge in [-0.15, -0.1) is 0 Å². The van der Waals surface area contributed by atoms with E-state index in [9.17, 15) is 19.1 Å². The van der Waals surface area contributed by atoms with Gasteiger partial charge in [-0.3, -0.25) is 4.79 Å². The highest BCUT2D eigenvalue weighted by molar-refractivity contribution is 5.98. The van der Waals surface area contributed by atoms with E-state index in [-0.39, 0.29) is 5.56 Å². The van der Waals surface area contributed by atoms with Crippen molar-refractivity contribution >= 4 is 11.9 Å². The number of benzene rings is 1. The van der Waals surface area contributed by atoms with Gasteiger partial charge in [0.05, 0.1) is 5.56 Å². The summed E-state index contributed by atoms with van der Waals surface area (Å²) in [5, 5.41) is 11.8. The second-order valence-corrected chi connectivity index (χ2v) is 4.98. The zero-order valence-electron chi connectivity index (χ0n) is 10.7. The van der Waals surface area contributed by atoms with Crippen LogP contribution in [0.25, 0.3) is 0 Å². The SMILES string of the molecule is Cc1cccc(C(=O)NC2(C(=O)O)CCCC2)c1F. The highest BCUT2D eigenvalue weighted by atomic mass is 19.1. The topological polar surface area (TPSA) is 66.4 Å². The molecule has 1 aliphatic rings. The molecular formula is C14H16FNO3. The third-order valence-corrected chi connectivity index (χ3v) is 3.66. The molecule has 1 aromatic rings. The standard InChI is InChI=1S/C14H16FNO3/c1-9-5-4-6-10(11(9)15)12(17)16-14(13(18)19)7-2-3-8-14/h4-6H,2-3,7-8H2,1H3,(H,16,17)(H,18,19). The average Bonchev–Trinajstić information content (AvgIpc) is 2.82. The number of hydrogen-bond acceptors (Lipinski definition) is 2. The Morgan fingerprint density at radius 3 is 2.53 bits per heavy atom. The minimum atomic E-state index is -1.24. The highest BCUT2D eigenvalue weighted by Crippen LogP contribution is 2.30. The normalized spacial score (nSPS) is 17.2. The number of carbonyl (C=O) groups excluding carboxylic acids is 1. The van der Waals surface area contributed by atoms with Crippen LogP contribution in [0, 0.1) is 12.7 Å². The van der Waals surface area contributed by atoms with Crippen LogP contribution in [0.1, 0.15) is 41.6 Å². The lowest BCUT2D eigenvalue weighted by molar-refractivity contribution is -0.144. The van der Waals surface area contributed by atoms with Crippen LogP contribution in [0.15, 0.2) is 18.2 Å². The van der Waals surface area contributed by atoms with Crippen molar-refractivity contribution in [2.45, 2.75) is 38.1 Å². The molecule has 0 spiro atoms. The molecule has 2 rings (SSSR count). The number of carboxylic acid groups (broad SMARTS) is 1. The predicted octanol–water partition coefficient (Wildman–Crippen LogP) is 2.26. The van der Waals surface area contributed by atoms with E-state index in [4.69, 9.17) is 0 Å². The number of amides is 1. The molecule has 1 aliphatic carbocycles. The Bertz CT molecular complexity index is 521. The Kier molecular flexibility index (Phi) is 3.55. The van der Waals surface area contributed by atoms with Crippen molar-refractivity contribution < 1.29 is 19.1 Å². The average molecular weight is 265 g/mol. The Hall–Kier alpha value is -1.91. The van der Waals surface area contributed by atoms with Crippen molar-refractivity contribution in [2.75, 3.05) is 0 Å². The molecule has 0 aromatic heterocycles. The minimum Gasteiger partial charge on any atom is -0.480 e. The first-order valence-corrected chi connectivity index (χ1v) is 6.27. The number of hydrogen-bond donors (Lipinski definition) is 2. The Balaban J connectivity index is 2.25. The van der Waals surface area contributed by atoms with Gasteiger partial charge in [-0.05, 0) is 31.4 Å². The fourth-order valence-corrected chi connectivity index (χ4v) is 2.48. The van der Waals surface area contributed by atoms with Crippen molar-refractivity contribution in [2.24, 2.45) is 0 Å². The zero-order chi connectivity index (χ0) is 14.0. The zero-order valence-corrected chi connectivity index (χ0v) is 10.7. The third-order valence-electron chi connectivity index (χ3n) is 3.66.